The summed E-state index contributed by atoms with van der Waals surface area (Å²) in [6.45, 7) is 0.273. The highest BCUT2D eigenvalue weighted by atomic mass is 35.5. The van der Waals surface area contributed by atoms with E-state index in [9.17, 15) is 4.79 Å². The standard InChI is InChI=1S/C14H9Cl2N3O/c15-11-4-1-5-12(16)10(11)7-19-8-18-13-9(14(19)20)3-2-6-17-13/h1-6,8H,7H2. The van der Waals surface area contributed by atoms with Gasteiger partial charge in [0.05, 0.1) is 11.9 Å². The highest BCUT2D eigenvalue weighted by Crippen LogP contribution is 2.24. The molecule has 0 bridgehead atoms. The SMILES string of the molecule is O=c1c2cccnc2ncn1Cc1c(Cl)cccc1Cl. The van der Waals surface area contributed by atoms with E-state index in [0.29, 0.717) is 26.6 Å². The van der Waals surface area contributed by atoms with Crippen LogP contribution < -0.4 is 5.56 Å². The van der Waals surface area contributed by atoms with Crippen LogP contribution in [0, 0.1) is 0 Å². The number of pyridine rings is 1. The molecule has 100 valence electrons. The van der Waals surface area contributed by atoms with Gasteiger partial charge in [-0.05, 0) is 24.3 Å². The van der Waals surface area contributed by atoms with Crippen LogP contribution in [-0.2, 0) is 6.54 Å². The van der Waals surface area contributed by atoms with Crippen molar-refractivity contribution in [2.45, 2.75) is 6.54 Å². The van der Waals surface area contributed by atoms with E-state index in [1.807, 2.05) is 0 Å². The van der Waals surface area contributed by atoms with Crippen molar-refractivity contribution in [1.82, 2.24) is 14.5 Å². The van der Waals surface area contributed by atoms with Gasteiger partial charge in [-0.2, -0.15) is 0 Å². The molecular weight excluding hydrogens is 297 g/mol. The van der Waals surface area contributed by atoms with Crippen LogP contribution in [-0.4, -0.2) is 14.5 Å². The molecule has 2 aromatic heterocycles. The van der Waals surface area contributed by atoms with Gasteiger partial charge in [-0.15, -0.1) is 0 Å². The zero-order valence-corrected chi connectivity index (χ0v) is 11.8. The monoisotopic (exact) mass is 305 g/mol. The fourth-order valence-corrected chi connectivity index (χ4v) is 2.48. The summed E-state index contributed by atoms with van der Waals surface area (Å²) >= 11 is 12.2. The molecule has 3 aromatic rings. The van der Waals surface area contributed by atoms with E-state index in [4.69, 9.17) is 23.2 Å². The summed E-state index contributed by atoms with van der Waals surface area (Å²) in [6.07, 6.45) is 3.06. The minimum absolute atomic E-state index is 0.168. The number of halogens is 2. The Bertz CT molecular complexity index is 825. The van der Waals surface area contributed by atoms with Gasteiger partial charge in [-0.3, -0.25) is 9.36 Å². The minimum atomic E-state index is -0.168. The topological polar surface area (TPSA) is 47.8 Å². The summed E-state index contributed by atoms with van der Waals surface area (Å²) < 4.78 is 1.47. The lowest BCUT2D eigenvalue weighted by molar-refractivity contribution is 0.747. The highest BCUT2D eigenvalue weighted by molar-refractivity contribution is 6.35. The Labute approximate surface area is 124 Å². The number of aromatic nitrogens is 3. The Morgan fingerprint density at radius 2 is 1.80 bits per heavy atom. The van der Waals surface area contributed by atoms with E-state index >= 15 is 0 Å². The number of fused-ring (bicyclic) bond motifs is 1. The molecule has 0 N–H and O–H groups in total. The van der Waals surface area contributed by atoms with E-state index < -0.39 is 0 Å². The van der Waals surface area contributed by atoms with Crippen LogP contribution in [0.25, 0.3) is 11.0 Å². The molecule has 6 heteroatoms. The van der Waals surface area contributed by atoms with Crippen molar-refractivity contribution < 1.29 is 0 Å². The fourth-order valence-electron chi connectivity index (χ4n) is 1.96. The predicted molar refractivity (Wildman–Crippen MR) is 79.4 cm³/mol. The van der Waals surface area contributed by atoms with Gasteiger partial charge in [0, 0.05) is 21.8 Å². The van der Waals surface area contributed by atoms with Crippen molar-refractivity contribution in [2.24, 2.45) is 0 Å². The lowest BCUT2D eigenvalue weighted by atomic mass is 10.2. The van der Waals surface area contributed by atoms with Crippen LogP contribution in [0.5, 0.6) is 0 Å². The summed E-state index contributed by atoms with van der Waals surface area (Å²) in [7, 11) is 0. The quantitative estimate of drug-likeness (QED) is 0.731. The van der Waals surface area contributed by atoms with Gasteiger partial charge < -0.3 is 0 Å². The lowest BCUT2D eigenvalue weighted by Crippen LogP contribution is -2.21. The van der Waals surface area contributed by atoms with Crippen molar-refractivity contribution in [3.8, 4) is 0 Å². The molecule has 0 aliphatic heterocycles. The number of hydrogen-bond acceptors (Lipinski definition) is 3. The number of rotatable bonds is 2. The number of nitrogens with zero attached hydrogens (tertiary/aromatic N) is 3. The Balaban J connectivity index is 2.12. The van der Waals surface area contributed by atoms with E-state index in [1.165, 1.54) is 10.9 Å². The fraction of sp³-hybridized carbons (Fsp3) is 0.0714. The van der Waals surface area contributed by atoms with Crippen LogP contribution >= 0.6 is 23.2 Å². The molecule has 2 heterocycles. The molecule has 0 saturated heterocycles. The molecule has 0 unspecified atom stereocenters. The molecule has 4 nitrogen and oxygen atoms in total. The molecule has 0 aliphatic carbocycles. The summed E-state index contributed by atoms with van der Waals surface area (Å²) in [5.74, 6) is 0. The van der Waals surface area contributed by atoms with Gasteiger partial charge in [0.1, 0.15) is 6.33 Å². The Hall–Kier alpha value is -1.91. The maximum atomic E-state index is 12.4. The maximum Gasteiger partial charge on any atom is 0.263 e. The van der Waals surface area contributed by atoms with Crippen molar-refractivity contribution in [1.29, 1.82) is 0 Å². The van der Waals surface area contributed by atoms with Crippen molar-refractivity contribution >= 4 is 34.2 Å². The van der Waals surface area contributed by atoms with E-state index in [1.54, 1.807) is 36.5 Å². The lowest BCUT2D eigenvalue weighted by Gasteiger charge is -2.09. The summed E-state index contributed by atoms with van der Waals surface area (Å²) in [6, 6.07) is 8.65. The largest absolute Gasteiger partial charge is 0.294 e. The molecule has 0 amide bonds. The molecule has 0 saturated carbocycles. The average molecular weight is 306 g/mol. The van der Waals surface area contributed by atoms with Gasteiger partial charge in [-0.25, -0.2) is 9.97 Å². The Morgan fingerprint density at radius 1 is 1.05 bits per heavy atom. The van der Waals surface area contributed by atoms with Crippen LogP contribution in [0.4, 0.5) is 0 Å². The second-order valence-electron chi connectivity index (χ2n) is 4.25. The van der Waals surface area contributed by atoms with Crippen molar-refractivity contribution in [3.63, 3.8) is 0 Å². The van der Waals surface area contributed by atoms with Crippen LogP contribution in [0.3, 0.4) is 0 Å². The minimum Gasteiger partial charge on any atom is -0.294 e. The summed E-state index contributed by atoms with van der Waals surface area (Å²) in [4.78, 5) is 20.6. The van der Waals surface area contributed by atoms with Crippen LogP contribution in [0.1, 0.15) is 5.56 Å². The van der Waals surface area contributed by atoms with Gasteiger partial charge in [-0.1, -0.05) is 29.3 Å². The van der Waals surface area contributed by atoms with Gasteiger partial charge >= 0.3 is 0 Å². The zero-order chi connectivity index (χ0) is 14.1. The average Bonchev–Trinajstić information content (AvgIpc) is 2.45. The van der Waals surface area contributed by atoms with Gasteiger partial charge in [0.25, 0.3) is 5.56 Å². The first kappa shape index (κ1) is 13.1. The van der Waals surface area contributed by atoms with Gasteiger partial charge in [0.15, 0.2) is 5.65 Å². The molecule has 3 rings (SSSR count). The second kappa shape index (κ2) is 5.23. The zero-order valence-electron chi connectivity index (χ0n) is 10.3. The van der Waals surface area contributed by atoms with Crippen LogP contribution in [0.15, 0.2) is 47.7 Å². The van der Waals surface area contributed by atoms with Crippen molar-refractivity contribution in [2.75, 3.05) is 0 Å². The molecule has 0 spiro atoms. The van der Waals surface area contributed by atoms with E-state index in [2.05, 4.69) is 9.97 Å². The third-order valence-corrected chi connectivity index (χ3v) is 3.70. The third-order valence-electron chi connectivity index (χ3n) is 2.99. The van der Waals surface area contributed by atoms with Gasteiger partial charge in [0.2, 0.25) is 0 Å². The second-order valence-corrected chi connectivity index (χ2v) is 5.07. The summed E-state index contributed by atoms with van der Waals surface area (Å²) in [5.41, 5.74) is 0.959. The molecule has 0 aliphatic rings. The van der Waals surface area contributed by atoms with E-state index in [-0.39, 0.29) is 12.1 Å². The smallest absolute Gasteiger partial charge is 0.263 e. The maximum absolute atomic E-state index is 12.4. The molecule has 20 heavy (non-hydrogen) atoms. The van der Waals surface area contributed by atoms with Crippen molar-refractivity contribution in [3.05, 3.63) is 68.8 Å². The molecule has 0 radical (unpaired) electrons. The Morgan fingerprint density at radius 3 is 2.55 bits per heavy atom. The first-order valence-corrected chi connectivity index (χ1v) is 6.65. The predicted octanol–water partition coefficient (Wildman–Crippen LogP) is 3.15. The Kier molecular flexibility index (Phi) is 3.42. The first-order valence-electron chi connectivity index (χ1n) is 5.90. The van der Waals surface area contributed by atoms with E-state index in [0.717, 1.165) is 0 Å². The third kappa shape index (κ3) is 2.28. The highest BCUT2D eigenvalue weighted by Gasteiger charge is 2.09. The molecule has 0 atom stereocenters. The molecule has 0 fully saturated rings. The van der Waals surface area contributed by atoms with Crippen LogP contribution in [0.2, 0.25) is 10.0 Å². The normalized spacial score (nSPS) is 10.9. The first-order chi connectivity index (χ1) is 9.66. The number of benzene rings is 1. The molecular formula is C14H9Cl2N3O. The molecule has 1 aromatic carbocycles. The summed E-state index contributed by atoms with van der Waals surface area (Å²) in [5, 5.41) is 1.52. The number of hydrogen-bond donors (Lipinski definition) is 0.